The number of aromatic nitrogens is 1. The van der Waals surface area contributed by atoms with Gasteiger partial charge in [-0.15, -0.1) is 11.3 Å². The summed E-state index contributed by atoms with van der Waals surface area (Å²) in [5, 5.41) is 6.39. The number of amides is 2. The summed E-state index contributed by atoms with van der Waals surface area (Å²) in [6.45, 7) is 0.283. The van der Waals surface area contributed by atoms with Crippen molar-refractivity contribution in [2.75, 3.05) is 5.32 Å². The predicted octanol–water partition coefficient (Wildman–Crippen LogP) is 5.85. The maximum Gasteiger partial charge on any atom is 0.291 e. The van der Waals surface area contributed by atoms with Gasteiger partial charge < -0.3 is 19.5 Å². The van der Waals surface area contributed by atoms with Crippen LogP contribution >= 0.6 is 11.3 Å². The van der Waals surface area contributed by atoms with Gasteiger partial charge in [0.1, 0.15) is 4.88 Å². The summed E-state index contributed by atoms with van der Waals surface area (Å²) >= 11 is 1.28. The van der Waals surface area contributed by atoms with Gasteiger partial charge in [-0.25, -0.2) is 4.98 Å². The van der Waals surface area contributed by atoms with Gasteiger partial charge in [-0.05, 0) is 42.0 Å². The third-order valence-electron chi connectivity index (χ3n) is 5.00. The fourth-order valence-corrected chi connectivity index (χ4v) is 4.37. The van der Waals surface area contributed by atoms with Crippen LogP contribution in [0.3, 0.4) is 0 Å². The number of nitrogens with zero attached hydrogens (tertiary/aromatic N) is 1. The lowest BCUT2D eigenvalue weighted by Crippen LogP contribution is -2.22. The average molecular weight is 470 g/mol. The van der Waals surface area contributed by atoms with Crippen molar-refractivity contribution in [3.05, 3.63) is 108 Å². The lowest BCUT2D eigenvalue weighted by atomic mass is 10.1. The Bertz CT molecular complexity index is 1410. The molecule has 5 aromatic rings. The van der Waals surface area contributed by atoms with Gasteiger partial charge >= 0.3 is 0 Å². The number of carbonyl (C=O) groups excluding carboxylic acids is 2. The molecule has 2 amide bonds. The summed E-state index contributed by atoms with van der Waals surface area (Å²) in [6, 6.07) is 23.7. The van der Waals surface area contributed by atoms with Gasteiger partial charge in [0.25, 0.3) is 11.8 Å². The Morgan fingerprint density at radius 2 is 1.68 bits per heavy atom. The van der Waals surface area contributed by atoms with E-state index in [1.165, 1.54) is 17.6 Å². The van der Waals surface area contributed by atoms with Crippen LogP contribution in [0, 0.1) is 0 Å². The van der Waals surface area contributed by atoms with E-state index in [1.54, 1.807) is 36.6 Å². The molecule has 2 aromatic carbocycles. The van der Waals surface area contributed by atoms with Crippen LogP contribution in [0.1, 0.15) is 25.8 Å². The quantitative estimate of drug-likeness (QED) is 0.312. The first kappa shape index (κ1) is 21.4. The molecule has 8 heteroatoms. The minimum absolute atomic E-state index is 0.227. The van der Waals surface area contributed by atoms with Crippen molar-refractivity contribution in [3.63, 3.8) is 0 Å². The van der Waals surface area contributed by atoms with E-state index in [0.717, 1.165) is 11.1 Å². The summed E-state index contributed by atoms with van der Waals surface area (Å²) in [7, 11) is 0. The van der Waals surface area contributed by atoms with Crippen LogP contribution in [0.5, 0.6) is 0 Å². The Labute approximate surface area is 199 Å². The van der Waals surface area contributed by atoms with Crippen LogP contribution in [0.15, 0.2) is 100 Å². The molecule has 0 aliphatic heterocycles. The van der Waals surface area contributed by atoms with Crippen molar-refractivity contribution in [3.8, 4) is 22.0 Å². The highest BCUT2D eigenvalue weighted by Gasteiger charge is 2.21. The highest BCUT2D eigenvalue weighted by molar-refractivity contribution is 7.17. The van der Waals surface area contributed by atoms with Gasteiger partial charge in [-0.3, -0.25) is 9.59 Å². The molecule has 0 bridgehead atoms. The first-order valence-electron chi connectivity index (χ1n) is 10.5. The molecule has 0 aliphatic carbocycles. The van der Waals surface area contributed by atoms with Crippen LogP contribution in [-0.2, 0) is 6.54 Å². The number of benzene rings is 2. The first-order valence-corrected chi connectivity index (χ1v) is 11.3. The molecule has 0 aliphatic rings. The Balaban J connectivity index is 1.33. The fourth-order valence-electron chi connectivity index (χ4n) is 3.39. The number of rotatable bonds is 7. The molecule has 0 saturated heterocycles. The molecular formula is C26H19N3O4S. The number of furan rings is 2. The Kier molecular flexibility index (Phi) is 6.05. The summed E-state index contributed by atoms with van der Waals surface area (Å²) in [5.74, 6) is 0.263. The Morgan fingerprint density at radius 3 is 2.44 bits per heavy atom. The molecule has 168 valence electrons. The van der Waals surface area contributed by atoms with Crippen LogP contribution in [-0.4, -0.2) is 16.8 Å². The second-order valence-corrected chi connectivity index (χ2v) is 8.35. The van der Waals surface area contributed by atoms with E-state index in [-0.39, 0.29) is 24.1 Å². The van der Waals surface area contributed by atoms with Crippen molar-refractivity contribution in [1.29, 1.82) is 0 Å². The number of carbonyl (C=O) groups is 2. The van der Waals surface area contributed by atoms with Gasteiger partial charge in [0.15, 0.2) is 16.5 Å². The molecule has 0 fully saturated rings. The topological polar surface area (TPSA) is 97.4 Å². The summed E-state index contributed by atoms with van der Waals surface area (Å²) < 4.78 is 10.6. The molecule has 5 rings (SSSR count). The van der Waals surface area contributed by atoms with Crippen molar-refractivity contribution in [2.24, 2.45) is 0 Å². The molecule has 34 heavy (non-hydrogen) atoms. The number of nitrogens with one attached hydrogen (secondary N) is 2. The number of anilines is 1. The van der Waals surface area contributed by atoms with E-state index in [9.17, 15) is 9.59 Å². The van der Waals surface area contributed by atoms with Crippen molar-refractivity contribution < 1.29 is 18.4 Å². The minimum Gasteiger partial charge on any atom is -0.462 e. The van der Waals surface area contributed by atoms with E-state index < -0.39 is 0 Å². The van der Waals surface area contributed by atoms with Crippen LogP contribution in [0.4, 0.5) is 5.69 Å². The maximum absolute atomic E-state index is 13.2. The number of hydrogen-bond acceptors (Lipinski definition) is 6. The van der Waals surface area contributed by atoms with Gasteiger partial charge in [-0.1, -0.05) is 42.5 Å². The highest BCUT2D eigenvalue weighted by atomic mass is 32.1. The van der Waals surface area contributed by atoms with Crippen molar-refractivity contribution >= 4 is 28.8 Å². The second-order valence-electron chi connectivity index (χ2n) is 7.35. The lowest BCUT2D eigenvalue weighted by molar-refractivity contribution is 0.0953. The molecule has 0 atom stereocenters. The Morgan fingerprint density at radius 1 is 0.853 bits per heavy atom. The van der Waals surface area contributed by atoms with E-state index >= 15 is 0 Å². The minimum atomic E-state index is -0.339. The van der Waals surface area contributed by atoms with E-state index in [2.05, 4.69) is 15.6 Å². The number of thiazole rings is 1. The van der Waals surface area contributed by atoms with E-state index in [1.807, 2.05) is 48.5 Å². The zero-order valence-corrected chi connectivity index (χ0v) is 18.7. The molecule has 0 saturated carbocycles. The molecule has 3 aromatic heterocycles. The predicted molar refractivity (Wildman–Crippen MR) is 130 cm³/mol. The zero-order valence-electron chi connectivity index (χ0n) is 17.9. The summed E-state index contributed by atoms with van der Waals surface area (Å²) in [4.78, 5) is 30.6. The average Bonchev–Trinajstić information content (AvgIpc) is 3.64. The second kappa shape index (κ2) is 9.60. The van der Waals surface area contributed by atoms with Crippen LogP contribution in [0.25, 0.3) is 22.0 Å². The van der Waals surface area contributed by atoms with E-state index in [4.69, 9.17) is 8.83 Å². The van der Waals surface area contributed by atoms with Gasteiger partial charge in [0, 0.05) is 17.8 Å². The summed E-state index contributed by atoms with van der Waals surface area (Å²) in [6.07, 6.45) is 3.03. The maximum atomic E-state index is 13.2. The fraction of sp³-hybridized carbons (Fsp3) is 0.0385. The Hall–Kier alpha value is -4.43. The van der Waals surface area contributed by atoms with Gasteiger partial charge in [-0.2, -0.15) is 0 Å². The normalized spacial score (nSPS) is 10.7. The molecule has 3 heterocycles. The SMILES string of the molecule is O=C(Nc1cccc(CNC(=O)c2sc(-c3ccco3)nc2-c2ccccc2)c1)c1ccco1. The first-order chi connectivity index (χ1) is 16.7. The molecule has 7 nitrogen and oxygen atoms in total. The van der Waals surface area contributed by atoms with Crippen molar-refractivity contribution in [1.82, 2.24) is 10.3 Å². The smallest absolute Gasteiger partial charge is 0.291 e. The highest BCUT2D eigenvalue weighted by Crippen LogP contribution is 2.34. The monoisotopic (exact) mass is 469 g/mol. The van der Waals surface area contributed by atoms with Crippen LogP contribution in [0.2, 0.25) is 0 Å². The largest absolute Gasteiger partial charge is 0.462 e. The third-order valence-corrected chi connectivity index (χ3v) is 6.06. The number of hydrogen-bond donors (Lipinski definition) is 2. The van der Waals surface area contributed by atoms with Crippen LogP contribution < -0.4 is 10.6 Å². The van der Waals surface area contributed by atoms with E-state index in [0.29, 0.717) is 27.0 Å². The molecule has 0 unspecified atom stereocenters. The molecule has 0 spiro atoms. The standard InChI is InChI=1S/C26H19N3O4S/c30-24(20-11-5-13-32-20)28-19-10-4-7-17(15-19)16-27-25(31)23-22(18-8-2-1-3-9-18)29-26(34-23)21-12-6-14-33-21/h1-15H,16H2,(H,27,31)(H,28,30). The molecule has 2 N–H and O–H groups in total. The summed E-state index contributed by atoms with van der Waals surface area (Å²) in [5.41, 5.74) is 2.90. The van der Waals surface area contributed by atoms with Gasteiger partial charge in [0.2, 0.25) is 0 Å². The molecule has 0 radical (unpaired) electrons. The third kappa shape index (κ3) is 4.67. The molecular weight excluding hydrogens is 450 g/mol. The zero-order chi connectivity index (χ0) is 23.3. The lowest BCUT2D eigenvalue weighted by Gasteiger charge is -2.08. The van der Waals surface area contributed by atoms with Crippen molar-refractivity contribution in [2.45, 2.75) is 6.54 Å². The van der Waals surface area contributed by atoms with Gasteiger partial charge in [0.05, 0.1) is 18.2 Å².